The van der Waals surface area contributed by atoms with Gasteiger partial charge in [-0.15, -0.1) is 0 Å². The molecule has 0 saturated carbocycles. The van der Waals surface area contributed by atoms with Crippen LogP contribution in [0.1, 0.15) is 39.2 Å². The average molecular weight is 253 g/mol. The summed E-state index contributed by atoms with van der Waals surface area (Å²) in [4.78, 5) is 8.68. The third kappa shape index (κ3) is 5.04. The maximum atomic E-state index is 4.34. The van der Waals surface area contributed by atoms with Gasteiger partial charge in [0.05, 0.1) is 0 Å². The van der Waals surface area contributed by atoms with Crippen LogP contribution in [-0.4, -0.2) is 27.8 Å². The van der Waals surface area contributed by atoms with Crippen molar-refractivity contribution in [2.24, 2.45) is 0 Å². The van der Waals surface area contributed by atoms with Gasteiger partial charge in [-0.2, -0.15) is 0 Å². The Hall–Kier alpha value is -0.610. The molecule has 0 aromatic carbocycles. The summed E-state index contributed by atoms with van der Waals surface area (Å²) in [6, 6.07) is 0.532. The first-order valence-electron chi connectivity index (χ1n) is 6.36. The lowest BCUT2D eigenvalue weighted by Gasteiger charge is -2.22. The summed E-state index contributed by atoms with van der Waals surface area (Å²) >= 11 is 1.75. The summed E-state index contributed by atoms with van der Waals surface area (Å²) in [6.45, 7) is 9.75. The summed E-state index contributed by atoms with van der Waals surface area (Å²) in [5.41, 5.74) is 1.11. The fourth-order valence-corrected chi connectivity index (χ4v) is 2.67. The van der Waals surface area contributed by atoms with E-state index < -0.39 is 0 Å². The molecule has 3 nitrogen and oxygen atoms in total. The highest BCUT2D eigenvalue weighted by molar-refractivity contribution is 7.99. The first-order valence-corrected chi connectivity index (χ1v) is 7.24. The molecule has 1 aromatic heterocycles. The molecular formula is C13H23N3S. The van der Waals surface area contributed by atoms with Gasteiger partial charge < -0.3 is 5.32 Å². The molecule has 0 aliphatic rings. The number of nitrogens with one attached hydrogen (secondary N) is 1. The second-order valence-electron chi connectivity index (χ2n) is 4.33. The smallest absolute Gasteiger partial charge is 0.187 e. The molecule has 17 heavy (non-hydrogen) atoms. The zero-order valence-electron chi connectivity index (χ0n) is 11.2. The Morgan fingerprint density at radius 2 is 1.94 bits per heavy atom. The standard InChI is InChI=1S/C13H23N3S/c1-5-7-14-12(6-2)11(4)17-13-15-8-10(3)9-16-13/h8-9,11-12,14H,5-7H2,1-4H3. The Balaban J connectivity index is 2.51. The van der Waals surface area contributed by atoms with E-state index in [2.05, 4.69) is 36.1 Å². The van der Waals surface area contributed by atoms with Crippen LogP contribution >= 0.6 is 11.8 Å². The Morgan fingerprint density at radius 3 is 2.47 bits per heavy atom. The van der Waals surface area contributed by atoms with Gasteiger partial charge in [0.25, 0.3) is 0 Å². The largest absolute Gasteiger partial charge is 0.313 e. The molecular weight excluding hydrogens is 230 g/mol. The van der Waals surface area contributed by atoms with Crippen LogP contribution in [0.4, 0.5) is 0 Å². The van der Waals surface area contributed by atoms with Crippen molar-refractivity contribution in [2.45, 2.75) is 57.0 Å². The second kappa shape index (κ2) is 7.67. The van der Waals surface area contributed by atoms with Gasteiger partial charge in [0.2, 0.25) is 0 Å². The maximum Gasteiger partial charge on any atom is 0.187 e. The first kappa shape index (κ1) is 14.5. The number of rotatable bonds is 7. The van der Waals surface area contributed by atoms with Crippen molar-refractivity contribution in [3.63, 3.8) is 0 Å². The van der Waals surface area contributed by atoms with Crippen LogP contribution in [0, 0.1) is 6.92 Å². The van der Waals surface area contributed by atoms with Crippen molar-refractivity contribution in [1.82, 2.24) is 15.3 Å². The molecule has 0 saturated heterocycles. The lowest BCUT2D eigenvalue weighted by atomic mass is 10.1. The topological polar surface area (TPSA) is 37.8 Å². The molecule has 0 bridgehead atoms. The number of hydrogen-bond acceptors (Lipinski definition) is 4. The van der Waals surface area contributed by atoms with Crippen LogP contribution in [0.5, 0.6) is 0 Å². The average Bonchev–Trinajstić information content (AvgIpc) is 2.33. The van der Waals surface area contributed by atoms with Gasteiger partial charge in [-0.05, 0) is 31.9 Å². The summed E-state index contributed by atoms with van der Waals surface area (Å²) < 4.78 is 0. The minimum atomic E-state index is 0.495. The first-order chi connectivity index (χ1) is 8.17. The van der Waals surface area contributed by atoms with Crippen LogP contribution in [0.15, 0.2) is 17.6 Å². The normalized spacial score (nSPS) is 14.6. The van der Waals surface area contributed by atoms with E-state index in [1.165, 1.54) is 6.42 Å². The molecule has 1 aromatic rings. The van der Waals surface area contributed by atoms with Crippen LogP contribution in [0.3, 0.4) is 0 Å². The number of thioether (sulfide) groups is 1. The fraction of sp³-hybridized carbons (Fsp3) is 0.692. The zero-order chi connectivity index (χ0) is 12.7. The molecule has 0 aliphatic carbocycles. The number of aryl methyl sites for hydroxylation is 1. The van der Waals surface area contributed by atoms with Crippen molar-refractivity contribution in [2.75, 3.05) is 6.54 Å². The third-order valence-corrected chi connectivity index (χ3v) is 3.83. The maximum absolute atomic E-state index is 4.34. The molecule has 0 amide bonds. The van der Waals surface area contributed by atoms with Crippen molar-refractivity contribution in [3.8, 4) is 0 Å². The van der Waals surface area contributed by atoms with E-state index in [1.807, 2.05) is 19.3 Å². The van der Waals surface area contributed by atoms with Gasteiger partial charge in [0.1, 0.15) is 0 Å². The molecule has 96 valence electrons. The van der Waals surface area contributed by atoms with E-state index in [9.17, 15) is 0 Å². The van der Waals surface area contributed by atoms with E-state index >= 15 is 0 Å². The number of aromatic nitrogens is 2. The van der Waals surface area contributed by atoms with E-state index in [0.717, 1.165) is 23.7 Å². The lowest BCUT2D eigenvalue weighted by Crippen LogP contribution is -2.36. The second-order valence-corrected chi connectivity index (χ2v) is 5.68. The fourth-order valence-electron chi connectivity index (χ4n) is 1.66. The Morgan fingerprint density at radius 1 is 1.29 bits per heavy atom. The van der Waals surface area contributed by atoms with Crippen molar-refractivity contribution in [1.29, 1.82) is 0 Å². The van der Waals surface area contributed by atoms with Crippen LogP contribution in [0.2, 0.25) is 0 Å². The van der Waals surface area contributed by atoms with E-state index in [-0.39, 0.29) is 0 Å². The van der Waals surface area contributed by atoms with Gasteiger partial charge >= 0.3 is 0 Å². The molecule has 2 atom stereocenters. The summed E-state index contributed by atoms with van der Waals surface area (Å²) in [5.74, 6) is 0. The van der Waals surface area contributed by atoms with Gasteiger partial charge in [-0.1, -0.05) is 32.5 Å². The Bertz CT molecular complexity index is 313. The summed E-state index contributed by atoms with van der Waals surface area (Å²) in [5, 5.41) is 4.94. The van der Waals surface area contributed by atoms with Crippen molar-refractivity contribution < 1.29 is 0 Å². The third-order valence-electron chi connectivity index (χ3n) is 2.71. The molecule has 2 unspecified atom stereocenters. The molecule has 1 rings (SSSR count). The summed E-state index contributed by atoms with van der Waals surface area (Å²) in [7, 11) is 0. The quantitative estimate of drug-likeness (QED) is 0.599. The van der Waals surface area contributed by atoms with Crippen molar-refractivity contribution >= 4 is 11.8 Å². The van der Waals surface area contributed by atoms with E-state index in [1.54, 1.807) is 11.8 Å². The molecule has 0 spiro atoms. The molecule has 0 radical (unpaired) electrons. The van der Waals surface area contributed by atoms with Crippen LogP contribution < -0.4 is 5.32 Å². The highest BCUT2D eigenvalue weighted by Crippen LogP contribution is 2.22. The molecule has 0 aliphatic heterocycles. The van der Waals surface area contributed by atoms with Crippen molar-refractivity contribution in [3.05, 3.63) is 18.0 Å². The highest BCUT2D eigenvalue weighted by atomic mass is 32.2. The molecule has 1 heterocycles. The predicted octanol–water partition coefficient (Wildman–Crippen LogP) is 3.04. The molecule has 4 heteroatoms. The lowest BCUT2D eigenvalue weighted by molar-refractivity contribution is 0.493. The minimum absolute atomic E-state index is 0.495. The van der Waals surface area contributed by atoms with Gasteiger partial charge in [-0.25, -0.2) is 9.97 Å². The Labute approximate surface area is 109 Å². The van der Waals surface area contributed by atoms with E-state index in [0.29, 0.717) is 11.3 Å². The SMILES string of the molecule is CCCNC(CC)C(C)Sc1ncc(C)cn1. The zero-order valence-corrected chi connectivity index (χ0v) is 12.0. The monoisotopic (exact) mass is 253 g/mol. The Kier molecular flexibility index (Phi) is 6.52. The molecule has 1 N–H and O–H groups in total. The highest BCUT2D eigenvalue weighted by Gasteiger charge is 2.16. The summed E-state index contributed by atoms with van der Waals surface area (Å²) in [6.07, 6.45) is 6.07. The van der Waals surface area contributed by atoms with Gasteiger partial charge in [0.15, 0.2) is 5.16 Å². The number of nitrogens with zero attached hydrogens (tertiary/aromatic N) is 2. The number of hydrogen-bond donors (Lipinski definition) is 1. The predicted molar refractivity (Wildman–Crippen MR) is 74.5 cm³/mol. The van der Waals surface area contributed by atoms with Gasteiger partial charge in [0, 0.05) is 23.7 Å². The molecule has 0 fully saturated rings. The minimum Gasteiger partial charge on any atom is -0.313 e. The van der Waals surface area contributed by atoms with Gasteiger partial charge in [-0.3, -0.25) is 0 Å². The van der Waals surface area contributed by atoms with Crippen LogP contribution in [-0.2, 0) is 0 Å². The van der Waals surface area contributed by atoms with Crippen LogP contribution in [0.25, 0.3) is 0 Å². The van der Waals surface area contributed by atoms with E-state index in [4.69, 9.17) is 0 Å².